The predicted octanol–water partition coefficient (Wildman–Crippen LogP) is 2.27. The van der Waals surface area contributed by atoms with Crippen LogP contribution in [0.3, 0.4) is 0 Å². The first kappa shape index (κ1) is 16.2. The van der Waals surface area contributed by atoms with E-state index in [1.807, 2.05) is 12.1 Å². The van der Waals surface area contributed by atoms with Crippen LogP contribution in [0.1, 0.15) is 39.0 Å². The summed E-state index contributed by atoms with van der Waals surface area (Å²) in [5, 5.41) is 10.7. The molecule has 0 spiro atoms. The summed E-state index contributed by atoms with van der Waals surface area (Å²) in [7, 11) is 0. The van der Waals surface area contributed by atoms with Crippen LogP contribution in [0.25, 0.3) is 0 Å². The van der Waals surface area contributed by atoms with Crippen molar-refractivity contribution in [2.24, 2.45) is 5.92 Å². The van der Waals surface area contributed by atoms with E-state index in [1.54, 1.807) is 17.0 Å². The Balaban J connectivity index is 1.51. The van der Waals surface area contributed by atoms with Crippen LogP contribution in [-0.4, -0.2) is 37.1 Å². The molecule has 0 radical (unpaired) electrons. The lowest BCUT2D eigenvalue weighted by Crippen LogP contribution is -3.18. The highest BCUT2D eigenvalue weighted by Gasteiger charge is 2.30. The minimum absolute atomic E-state index is 0.172. The molecule has 23 heavy (non-hydrogen) atoms. The van der Waals surface area contributed by atoms with E-state index in [9.17, 15) is 10.1 Å². The van der Waals surface area contributed by atoms with Gasteiger partial charge in [-0.05, 0) is 43.7 Å². The number of nitro benzene ring substituents is 1. The number of hydrogen-bond donors (Lipinski definition) is 1. The molecule has 0 bridgehead atoms. The van der Waals surface area contributed by atoms with Gasteiger partial charge in [-0.1, -0.05) is 13.3 Å². The monoisotopic (exact) mass is 318 g/mol. The van der Waals surface area contributed by atoms with Gasteiger partial charge in [-0.2, -0.15) is 0 Å². The molecule has 0 unspecified atom stereocenters. The molecule has 0 aromatic heterocycles. The van der Waals surface area contributed by atoms with Crippen molar-refractivity contribution in [2.75, 3.05) is 31.1 Å². The average molecular weight is 318 g/mol. The maximum atomic E-state index is 10.7. The summed E-state index contributed by atoms with van der Waals surface area (Å²) in [6.45, 7) is 6.82. The Labute approximate surface area is 138 Å². The van der Waals surface area contributed by atoms with Crippen molar-refractivity contribution in [1.82, 2.24) is 0 Å². The third-order valence-electron chi connectivity index (χ3n) is 5.83. The Bertz CT molecular complexity index is 516. The SMILES string of the molecule is CCC1CCC([NH+]2CCN(c3ccc([N+](=O)[O-])cc3)CC2)CC1. The van der Waals surface area contributed by atoms with Gasteiger partial charge in [0.2, 0.25) is 0 Å². The highest BCUT2D eigenvalue weighted by molar-refractivity contribution is 5.50. The molecule has 1 N–H and O–H groups in total. The van der Waals surface area contributed by atoms with Crippen molar-refractivity contribution < 1.29 is 9.82 Å². The minimum Gasteiger partial charge on any atom is -0.360 e. The molecule has 1 aliphatic heterocycles. The topological polar surface area (TPSA) is 50.8 Å². The van der Waals surface area contributed by atoms with Gasteiger partial charge >= 0.3 is 0 Å². The van der Waals surface area contributed by atoms with E-state index in [-0.39, 0.29) is 10.6 Å². The lowest BCUT2D eigenvalue weighted by Gasteiger charge is -2.40. The molecule has 2 aliphatic rings. The first-order chi connectivity index (χ1) is 11.2. The van der Waals surface area contributed by atoms with E-state index in [0.717, 1.165) is 30.7 Å². The molecule has 1 heterocycles. The van der Waals surface area contributed by atoms with E-state index < -0.39 is 0 Å². The van der Waals surface area contributed by atoms with Crippen LogP contribution in [0.2, 0.25) is 0 Å². The van der Waals surface area contributed by atoms with Gasteiger partial charge in [0, 0.05) is 17.8 Å². The molecular weight excluding hydrogens is 290 g/mol. The molecule has 1 aliphatic carbocycles. The summed E-state index contributed by atoms with van der Waals surface area (Å²) < 4.78 is 0. The van der Waals surface area contributed by atoms with Gasteiger partial charge in [-0.3, -0.25) is 10.1 Å². The van der Waals surface area contributed by atoms with Gasteiger partial charge in [-0.25, -0.2) is 0 Å². The number of anilines is 1. The highest BCUT2D eigenvalue weighted by atomic mass is 16.6. The minimum atomic E-state index is -0.335. The molecule has 126 valence electrons. The standard InChI is InChI=1S/C18H27N3O2/c1-2-15-3-5-16(6-4-15)19-11-13-20(14-12-19)17-7-9-18(10-8-17)21(22)23/h7-10,15-16H,2-6,11-14H2,1H3/p+1. The largest absolute Gasteiger partial charge is 0.360 e. The second-order valence-electron chi connectivity index (χ2n) is 7.04. The van der Waals surface area contributed by atoms with Crippen molar-refractivity contribution in [1.29, 1.82) is 0 Å². The Hall–Kier alpha value is -1.62. The Morgan fingerprint density at radius 2 is 1.74 bits per heavy atom. The average Bonchev–Trinajstić information content (AvgIpc) is 2.62. The van der Waals surface area contributed by atoms with Gasteiger partial charge in [0.15, 0.2) is 0 Å². The number of rotatable bonds is 4. The quantitative estimate of drug-likeness (QED) is 0.684. The normalized spacial score (nSPS) is 26.2. The fourth-order valence-corrected chi connectivity index (χ4v) is 4.22. The summed E-state index contributed by atoms with van der Waals surface area (Å²) in [6.07, 6.45) is 6.96. The fourth-order valence-electron chi connectivity index (χ4n) is 4.22. The summed E-state index contributed by atoms with van der Waals surface area (Å²) in [4.78, 5) is 14.5. The third kappa shape index (κ3) is 3.83. The number of piperazine rings is 1. The number of nitrogens with one attached hydrogen (secondary N) is 1. The van der Waals surface area contributed by atoms with Gasteiger partial charge < -0.3 is 9.80 Å². The van der Waals surface area contributed by atoms with Crippen LogP contribution in [-0.2, 0) is 0 Å². The predicted molar refractivity (Wildman–Crippen MR) is 92.0 cm³/mol. The molecule has 5 nitrogen and oxygen atoms in total. The summed E-state index contributed by atoms with van der Waals surface area (Å²) in [6, 6.07) is 7.85. The molecule has 2 fully saturated rings. The zero-order chi connectivity index (χ0) is 16.2. The number of hydrogen-bond acceptors (Lipinski definition) is 3. The van der Waals surface area contributed by atoms with Crippen LogP contribution in [0.4, 0.5) is 11.4 Å². The van der Waals surface area contributed by atoms with Gasteiger partial charge in [0.1, 0.15) is 0 Å². The zero-order valence-electron chi connectivity index (χ0n) is 14.0. The van der Waals surface area contributed by atoms with E-state index in [1.165, 1.54) is 45.2 Å². The highest BCUT2D eigenvalue weighted by Crippen LogP contribution is 2.25. The molecule has 3 rings (SSSR count). The number of benzene rings is 1. The summed E-state index contributed by atoms with van der Waals surface area (Å²) in [5.74, 6) is 0.965. The van der Waals surface area contributed by atoms with Crippen LogP contribution < -0.4 is 9.80 Å². The second-order valence-corrected chi connectivity index (χ2v) is 7.04. The van der Waals surface area contributed by atoms with Crippen LogP contribution >= 0.6 is 0 Å². The van der Waals surface area contributed by atoms with E-state index in [0.29, 0.717) is 0 Å². The molecule has 1 saturated carbocycles. The molecule has 5 heteroatoms. The van der Waals surface area contributed by atoms with Crippen molar-refractivity contribution in [3.05, 3.63) is 34.4 Å². The number of non-ortho nitro benzene ring substituents is 1. The molecule has 1 aromatic rings. The first-order valence-electron chi connectivity index (χ1n) is 9.01. The lowest BCUT2D eigenvalue weighted by molar-refractivity contribution is -0.927. The smallest absolute Gasteiger partial charge is 0.269 e. The second kappa shape index (κ2) is 7.30. The zero-order valence-corrected chi connectivity index (χ0v) is 14.0. The van der Waals surface area contributed by atoms with Gasteiger partial charge in [0.25, 0.3) is 5.69 Å². The summed E-state index contributed by atoms with van der Waals surface area (Å²) in [5.41, 5.74) is 1.29. The van der Waals surface area contributed by atoms with Gasteiger partial charge in [0.05, 0.1) is 37.1 Å². The van der Waals surface area contributed by atoms with Crippen molar-refractivity contribution in [3.8, 4) is 0 Å². The van der Waals surface area contributed by atoms with Crippen molar-refractivity contribution in [2.45, 2.75) is 45.1 Å². The van der Waals surface area contributed by atoms with Crippen LogP contribution in [0.15, 0.2) is 24.3 Å². The third-order valence-corrected chi connectivity index (χ3v) is 5.83. The fraction of sp³-hybridized carbons (Fsp3) is 0.667. The number of quaternary nitrogens is 1. The lowest BCUT2D eigenvalue weighted by atomic mass is 9.84. The first-order valence-corrected chi connectivity index (χ1v) is 9.01. The van der Waals surface area contributed by atoms with E-state index in [4.69, 9.17) is 0 Å². The number of nitrogens with zero attached hydrogens (tertiary/aromatic N) is 2. The number of nitro groups is 1. The maximum Gasteiger partial charge on any atom is 0.269 e. The molecular formula is C18H28N3O2+. The van der Waals surface area contributed by atoms with E-state index in [2.05, 4.69) is 11.8 Å². The molecule has 1 saturated heterocycles. The molecule has 1 aromatic carbocycles. The molecule has 0 atom stereocenters. The Morgan fingerprint density at radius 1 is 1.13 bits per heavy atom. The van der Waals surface area contributed by atoms with Crippen molar-refractivity contribution >= 4 is 11.4 Å². The van der Waals surface area contributed by atoms with Crippen molar-refractivity contribution in [3.63, 3.8) is 0 Å². The summed E-state index contributed by atoms with van der Waals surface area (Å²) >= 11 is 0. The Kier molecular flexibility index (Phi) is 5.16. The Morgan fingerprint density at radius 3 is 2.26 bits per heavy atom. The maximum absolute atomic E-state index is 10.7. The van der Waals surface area contributed by atoms with Crippen LogP contribution in [0.5, 0.6) is 0 Å². The van der Waals surface area contributed by atoms with E-state index >= 15 is 0 Å². The van der Waals surface area contributed by atoms with Crippen LogP contribution in [0, 0.1) is 16.0 Å². The van der Waals surface area contributed by atoms with Gasteiger partial charge in [-0.15, -0.1) is 0 Å². The molecule has 0 amide bonds.